The fourth-order valence-electron chi connectivity index (χ4n) is 1.41. The molecule has 0 spiro atoms. The van der Waals surface area contributed by atoms with Gasteiger partial charge in [-0.15, -0.1) is 11.6 Å². The van der Waals surface area contributed by atoms with E-state index in [9.17, 15) is 14.9 Å². The molecule has 5 nitrogen and oxygen atoms in total. The second-order valence-electron chi connectivity index (χ2n) is 3.33. The third-order valence-corrected chi connectivity index (χ3v) is 2.41. The van der Waals surface area contributed by atoms with Crippen LogP contribution in [0.4, 0.5) is 5.69 Å². The lowest BCUT2D eigenvalue weighted by atomic mass is 10.0. The molecule has 0 aliphatic rings. The highest BCUT2D eigenvalue weighted by molar-refractivity contribution is 6.19. The molecule has 0 heterocycles. The summed E-state index contributed by atoms with van der Waals surface area (Å²) in [7, 11) is 0. The van der Waals surface area contributed by atoms with Gasteiger partial charge in [0.1, 0.15) is 0 Å². The molecule has 0 amide bonds. The van der Waals surface area contributed by atoms with Gasteiger partial charge in [-0.2, -0.15) is 0 Å². The first-order valence-electron chi connectivity index (χ1n) is 4.72. The van der Waals surface area contributed by atoms with Crippen molar-refractivity contribution in [2.45, 2.75) is 6.92 Å². The van der Waals surface area contributed by atoms with Gasteiger partial charge in [0.05, 0.1) is 10.5 Å². The molecule has 0 saturated carbocycles. The summed E-state index contributed by atoms with van der Waals surface area (Å²) in [6, 6.07) is 2.71. The normalized spacial score (nSPS) is 10.7. The molecule has 0 atom stereocenters. The third kappa shape index (κ3) is 3.04. The number of benzene rings is 1. The van der Waals surface area contributed by atoms with E-state index in [1.165, 1.54) is 19.1 Å². The summed E-state index contributed by atoms with van der Waals surface area (Å²) in [6.07, 6.45) is 3.13. The summed E-state index contributed by atoms with van der Waals surface area (Å²) in [4.78, 5) is 21.1. The molecule has 0 saturated heterocycles. The molecule has 90 valence electrons. The van der Waals surface area contributed by atoms with Gasteiger partial charge in [0.15, 0.2) is 0 Å². The van der Waals surface area contributed by atoms with E-state index in [2.05, 4.69) is 0 Å². The predicted octanol–water partition coefficient (Wildman–Crippen LogP) is 2.85. The number of halogens is 1. The topological polar surface area (TPSA) is 80.4 Å². The second-order valence-corrected chi connectivity index (χ2v) is 3.64. The summed E-state index contributed by atoms with van der Waals surface area (Å²) in [5.41, 5.74) is 0.304. The van der Waals surface area contributed by atoms with E-state index in [0.717, 1.165) is 0 Å². The van der Waals surface area contributed by atoms with Gasteiger partial charge in [0.2, 0.25) is 0 Å². The van der Waals surface area contributed by atoms with Gasteiger partial charge in [-0.05, 0) is 18.6 Å². The molecule has 1 rings (SSSR count). The minimum absolute atomic E-state index is 0.0755. The quantitative estimate of drug-likeness (QED) is 0.510. The van der Waals surface area contributed by atoms with Gasteiger partial charge in [-0.1, -0.05) is 12.2 Å². The summed E-state index contributed by atoms with van der Waals surface area (Å²) < 4.78 is 0. The van der Waals surface area contributed by atoms with Crippen molar-refractivity contribution in [3.05, 3.63) is 45.0 Å². The molecule has 6 heteroatoms. The van der Waals surface area contributed by atoms with Gasteiger partial charge >= 0.3 is 5.97 Å². The number of hydrogen-bond donors (Lipinski definition) is 1. The van der Waals surface area contributed by atoms with Crippen LogP contribution >= 0.6 is 11.6 Å². The maximum Gasteiger partial charge on any atom is 0.336 e. The van der Waals surface area contributed by atoms with Crippen LogP contribution in [0.3, 0.4) is 0 Å². The van der Waals surface area contributed by atoms with Crippen molar-refractivity contribution < 1.29 is 14.8 Å². The molecule has 0 aliphatic carbocycles. The van der Waals surface area contributed by atoms with Gasteiger partial charge in [0.25, 0.3) is 5.69 Å². The number of carboxylic acids is 1. The lowest BCUT2D eigenvalue weighted by molar-refractivity contribution is -0.385. The highest BCUT2D eigenvalue weighted by Gasteiger charge is 2.19. The Morgan fingerprint density at radius 3 is 2.71 bits per heavy atom. The lowest BCUT2D eigenvalue weighted by Crippen LogP contribution is -2.03. The van der Waals surface area contributed by atoms with Crippen molar-refractivity contribution in [2.24, 2.45) is 0 Å². The monoisotopic (exact) mass is 255 g/mol. The van der Waals surface area contributed by atoms with Gasteiger partial charge in [-0.3, -0.25) is 10.1 Å². The van der Waals surface area contributed by atoms with Crippen LogP contribution in [0.25, 0.3) is 6.08 Å². The van der Waals surface area contributed by atoms with E-state index in [0.29, 0.717) is 5.56 Å². The van der Waals surface area contributed by atoms with E-state index in [4.69, 9.17) is 16.7 Å². The number of nitrogens with zero attached hydrogens (tertiary/aromatic N) is 1. The summed E-state index contributed by atoms with van der Waals surface area (Å²) in [6.45, 7) is 1.41. The van der Waals surface area contributed by atoms with E-state index in [1.54, 1.807) is 12.2 Å². The van der Waals surface area contributed by atoms with Crippen molar-refractivity contribution in [3.63, 3.8) is 0 Å². The van der Waals surface area contributed by atoms with Crippen LogP contribution < -0.4 is 0 Å². The average Bonchev–Trinajstić information content (AvgIpc) is 2.26. The molecule has 0 aromatic heterocycles. The van der Waals surface area contributed by atoms with Crippen LogP contribution in [0.5, 0.6) is 0 Å². The lowest BCUT2D eigenvalue weighted by Gasteiger charge is -2.04. The van der Waals surface area contributed by atoms with Crippen molar-refractivity contribution in [1.82, 2.24) is 0 Å². The Bertz CT molecular complexity index is 461. The number of carboxylic acid groups (broad SMARTS) is 1. The Hall–Kier alpha value is -1.88. The number of allylic oxidation sites excluding steroid dienone is 1. The van der Waals surface area contributed by atoms with Crippen molar-refractivity contribution in [1.29, 1.82) is 0 Å². The largest absolute Gasteiger partial charge is 0.478 e. The van der Waals surface area contributed by atoms with Gasteiger partial charge < -0.3 is 5.11 Å². The summed E-state index contributed by atoms with van der Waals surface area (Å²) in [5, 5.41) is 19.7. The van der Waals surface area contributed by atoms with Crippen molar-refractivity contribution >= 4 is 29.3 Å². The highest BCUT2D eigenvalue weighted by Crippen LogP contribution is 2.24. The molecule has 17 heavy (non-hydrogen) atoms. The molecular weight excluding hydrogens is 246 g/mol. The summed E-state index contributed by atoms with van der Waals surface area (Å²) in [5.74, 6) is -0.934. The maximum absolute atomic E-state index is 10.9. The smallest absolute Gasteiger partial charge is 0.336 e. The molecule has 1 aromatic rings. The minimum atomic E-state index is -1.19. The predicted molar refractivity (Wildman–Crippen MR) is 64.5 cm³/mol. The Morgan fingerprint density at radius 2 is 2.24 bits per heavy atom. The van der Waals surface area contributed by atoms with Crippen LogP contribution in [0.1, 0.15) is 21.5 Å². The molecule has 0 fully saturated rings. The molecule has 0 unspecified atom stereocenters. The molecule has 1 aromatic carbocycles. The first-order chi connectivity index (χ1) is 7.97. The number of nitro benzene ring substituents is 1. The highest BCUT2D eigenvalue weighted by atomic mass is 35.5. The number of nitro groups is 1. The van der Waals surface area contributed by atoms with Crippen LogP contribution in [-0.4, -0.2) is 21.9 Å². The molecule has 1 N–H and O–H groups in total. The van der Waals surface area contributed by atoms with Crippen LogP contribution in [0.2, 0.25) is 0 Å². The van der Waals surface area contributed by atoms with Crippen LogP contribution in [0.15, 0.2) is 18.2 Å². The zero-order valence-electron chi connectivity index (χ0n) is 9.01. The second kappa shape index (κ2) is 5.45. The Morgan fingerprint density at radius 1 is 1.59 bits per heavy atom. The van der Waals surface area contributed by atoms with E-state index >= 15 is 0 Å². The standard InChI is InChI=1S/C11H10ClNO4/c1-7-9(11(14)15)5-8(3-2-4-12)6-10(7)13(16)17/h2-3,5-6H,4H2,1H3,(H,14,15). The van der Waals surface area contributed by atoms with Gasteiger partial charge in [-0.25, -0.2) is 4.79 Å². The van der Waals surface area contributed by atoms with Crippen molar-refractivity contribution in [3.8, 4) is 0 Å². The Kier molecular flexibility index (Phi) is 4.23. The van der Waals surface area contributed by atoms with Gasteiger partial charge in [0, 0.05) is 17.5 Å². The Balaban J connectivity index is 3.41. The maximum atomic E-state index is 10.9. The number of aromatic carboxylic acids is 1. The number of alkyl halides is 1. The van der Waals surface area contributed by atoms with E-state index in [1.807, 2.05) is 0 Å². The van der Waals surface area contributed by atoms with E-state index < -0.39 is 10.9 Å². The molecule has 0 radical (unpaired) electrons. The van der Waals surface area contributed by atoms with Crippen molar-refractivity contribution in [2.75, 3.05) is 5.88 Å². The minimum Gasteiger partial charge on any atom is -0.478 e. The molecular formula is C11H10ClNO4. The fraction of sp³-hybridized carbons (Fsp3) is 0.182. The molecule has 0 bridgehead atoms. The third-order valence-electron chi connectivity index (χ3n) is 2.23. The van der Waals surface area contributed by atoms with E-state index in [-0.39, 0.29) is 22.7 Å². The number of carbonyl (C=O) groups is 1. The number of rotatable bonds is 4. The number of hydrogen-bond acceptors (Lipinski definition) is 3. The van der Waals surface area contributed by atoms with Crippen LogP contribution in [0, 0.1) is 17.0 Å². The average molecular weight is 256 g/mol. The zero-order chi connectivity index (χ0) is 13.0. The first-order valence-corrected chi connectivity index (χ1v) is 5.25. The Labute approximate surface area is 102 Å². The molecule has 0 aliphatic heterocycles. The SMILES string of the molecule is Cc1c(C(=O)O)cc(C=CCCl)cc1[N+](=O)[O-]. The zero-order valence-corrected chi connectivity index (χ0v) is 9.77. The van der Waals surface area contributed by atoms with Crippen LogP contribution in [-0.2, 0) is 0 Å². The first kappa shape index (κ1) is 13.2. The summed E-state index contributed by atoms with van der Waals surface area (Å²) >= 11 is 5.45. The fourth-order valence-corrected chi connectivity index (χ4v) is 1.50.